The van der Waals surface area contributed by atoms with Gasteiger partial charge in [-0.25, -0.2) is 0 Å². The number of hydrogen-bond acceptors (Lipinski definition) is 3. The molecular formula is C13H18BrNOS. The lowest BCUT2D eigenvalue weighted by atomic mass is 10.1. The third kappa shape index (κ3) is 3.63. The lowest BCUT2D eigenvalue weighted by Gasteiger charge is -2.16. The Hall–Kier alpha value is -0.190. The van der Waals surface area contributed by atoms with Crippen molar-refractivity contribution in [3.05, 3.63) is 28.2 Å². The van der Waals surface area contributed by atoms with Crippen molar-refractivity contribution in [3.8, 4) is 5.75 Å². The van der Waals surface area contributed by atoms with Crippen molar-refractivity contribution in [1.29, 1.82) is 0 Å². The van der Waals surface area contributed by atoms with Crippen LogP contribution in [0.3, 0.4) is 0 Å². The number of thioether (sulfide) groups is 1. The van der Waals surface area contributed by atoms with E-state index in [0.717, 1.165) is 28.9 Å². The molecule has 1 N–H and O–H groups in total. The van der Waals surface area contributed by atoms with Crippen molar-refractivity contribution in [2.75, 3.05) is 18.6 Å². The summed E-state index contributed by atoms with van der Waals surface area (Å²) in [7, 11) is 0. The standard InChI is InChI=1S/C13H18BrNOS/c1-9(8-17-2)15-7-12-6-10-5-11(14)3-4-13(10)16-12/h3-5,9,12,15H,6-8H2,1-2H3. The summed E-state index contributed by atoms with van der Waals surface area (Å²) in [5, 5.41) is 3.52. The molecular weight excluding hydrogens is 298 g/mol. The van der Waals surface area contributed by atoms with E-state index in [1.807, 2.05) is 23.9 Å². The molecule has 2 atom stereocenters. The largest absolute Gasteiger partial charge is 0.488 e. The molecule has 1 aliphatic rings. The van der Waals surface area contributed by atoms with Crippen molar-refractivity contribution in [3.63, 3.8) is 0 Å². The lowest BCUT2D eigenvalue weighted by molar-refractivity contribution is 0.224. The normalized spacial score (nSPS) is 19.8. The number of halogens is 1. The van der Waals surface area contributed by atoms with E-state index in [0.29, 0.717) is 6.04 Å². The van der Waals surface area contributed by atoms with E-state index in [9.17, 15) is 0 Å². The van der Waals surface area contributed by atoms with E-state index in [4.69, 9.17) is 4.74 Å². The van der Waals surface area contributed by atoms with E-state index >= 15 is 0 Å². The molecule has 0 fully saturated rings. The van der Waals surface area contributed by atoms with Gasteiger partial charge in [-0.1, -0.05) is 15.9 Å². The van der Waals surface area contributed by atoms with Gasteiger partial charge in [0.2, 0.25) is 0 Å². The van der Waals surface area contributed by atoms with Crippen LogP contribution in [-0.2, 0) is 6.42 Å². The van der Waals surface area contributed by atoms with Crippen LogP contribution >= 0.6 is 27.7 Å². The SMILES string of the molecule is CSCC(C)NCC1Cc2cc(Br)ccc2O1. The van der Waals surface area contributed by atoms with Gasteiger partial charge in [0.05, 0.1) is 0 Å². The highest BCUT2D eigenvalue weighted by Gasteiger charge is 2.22. The molecule has 0 bridgehead atoms. The first-order valence-corrected chi connectivity index (χ1v) is 8.05. The van der Waals surface area contributed by atoms with Crippen molar-refractivity contribution in [2.24, 2.45) is 0 Å². The van der Waals surface area contributed by atoms with Gasteiger partial charge >= 0.3 is 0 Å². The van der Waals surface area contributed by atoms with Crippen molar-refractivity contribution in [2.45, 2.75) is 25.5 Å². The molecule has 94 valence electrons. The zero-order chi connectivity index (χ0) is 12.3. The molecule has 1 aromatic carbocycles. The topological polar surface area (TPSA) is 21.3 Å². The van der Waals surface area contributed by atoms with Gasteiger partial charge in [0, 0.05) is 29.2 Å². The highest BCUT2D eigenvalue weighted by Crippen LogP contribution is 2.30. The van der Waals surface area contributed by atoms with E-state index < -0.39 is 0 Å². The van der Waals surface area contributed by atoms with E-state index in [1.165, 1.54) is 5.56 Å². The number of ether oxygens (including phenoxy) is 1. The molecule has 17 heavy (non-hydrogen) atoms. The van der Waals surface area contributed by atoms with Crippen LogP contribution < -0.4 is 10.1 Å². The fourth-order valence-corrected chi connectivity index (χ4v) is 3.07. The molecule has 0 spiro atoms. The summed E-state index contributed by atoms with van der Waals surface area (Å²) in [5.74, 6) is 2.18. The van der Waals surface area contributed by atoms with Gasteiger partial charge in [0.25, 0.3) is 0 Å². The summed E-state index contributed by atoms with van der Waals surface area (Å²) in [4.78, 5) is 0. The quantitative estimate of drug-likeness (QED) is 0.902. The minimum atomic E-state index is 0.281. The summed E-state index contributed by atoms with van der Waals surface area (Å²) in [5.41, 5.74) is 1.31. The highest BCUT2D eigenvalue weighted by molar-refractivity contribution is 9.10. The number of hydrogen-bond donors (Lipinski definition) is 1. The van der Waals surface area contributed by atoms with Crippen LogP contribution in [-0.4, -0.2) is 30.7 Å². The van der Waals surface area contributed by atoms with Crippen molar-refractivity contribution >= 4 is 27.7 Å². The maximum Gasteiger partial charge on any atom is 0.123 e. The minimum Gasteiger partial charge on any atom is -0.488 e. The Balaban J connectivity index is 1.84. The molecule has 1 heterocycles. The predicted molar refractivity (Wildman–Crippen MR) is 78.1 cm³/mol. The van der Waals surface area contributed by atoms with Gasteiger partial charge in [-0.2, -0.15) is 11.8 Å². The Labute approximate surface area is 116 Å². The number of benzene rings is 1. The van der Waals surface area contributed by atoms with Crippen LogP contribution in [0.1, 0.15) is 12.5 Å². The predicted octanol–water partition coefficient (Wildman–Crippen LogP) is 3.09. The first-order valence-electron chi connectivity index (χ1n) is 5.86. The van der Waals surface area contributed by atoms with Gasteiger partial charge in [-0.3, -0.25) is 0 Å². The molecule has 0 amide bonds. The molecule has 0 saturated carbocycles. The second kappa shape index (κ2) is 6.12. The molecule has 2 nitrogen and oxygen atoms in total. The number of rotatable bonds is 5. The summed E-state index contributed by atoms with van der Waals surface area (Å²) < 4.78 is 7.03. The molecule has 2 rings (SSSR count). The highest BCUT2D eigenvalue weighted by atomic mass is 79.9. The van der Waals surface area contributed by atoms with Crippen molar-refractivity contribution in [1.82, 2.24) is 5.32 Å². The first-order chi connectivity index (χ1) is 8.19. The lowest BCUT2D eigenvalue weighted by Crippen LogP contribution is -2.37. The van der Waals surface area contributed by atoms with Crippen LogP contribution in [0.15, 0.2) is 22.7 Å². The van der Waals surface area contributed by atoms with Crippen LogP contribution in [0, 0.1) is 0 Å². The fourth-order valence-electron chi connectivity index (χ4n) is 2.04. The van der Waals surface area contributed by atoms with Crippen LogP contribution in [0.25, 0.3) is 0 Å². The molecule has 4 heteroatoms. The molecule has 0 aliphatic carbocycles. The molecule has 0 saturated heterocycles. The molecule has 1 aliphatic heterocycles. The van der Waals surface area contributed by atoms with E-state index in [-0.39, 0.29) is 6.10 Å². The summed E-state index contributed by atoms with van der Waals surface area (Å²) in [6.45, 7) is 3.14. The zero-order valence-corrected chi connectivity index (χ0v) is 12.6. The average Bonchev–Trinajstić information content (AvgIpc) is 2.68. The summed E-state index contributed by atoms with van der Waals surface area (Å²) in [6.07, 6.45) is 3.43. The van der Waals surface area contributed by atoms with Gasteiger partial charge in [0.1, 0.15) is 11.9 Å². The third-order valence-electron chi connectivity index (χ3n) is 2.87. The Morgan fingerprint density at radius 3 is 3.18 bits per heavy atom. The van der Waals surface area contributed by atoms with Crippen LogP contribution in [0.4, 0.5) is 0 Å². The van der Waals surface area contributed by atoms with Gasteiger partial charge in [0.15, 0.2) is 0 Å². The summed E-state index contributed by atoms with van der Waals surface area (Å²) >= 11 is 5.37. The van der Waals surface area contributed by atoms with Gasteiger partial charge in [-0.05, 0) is 36.9 Å². The first kappa shape index (κ1) is 13.2. The van der Waals surface area contributed by atoms with Gasteiger partial charge < -0.3 is 10.1 Å². The molecule has 1 aromatic rings. The summed E-state index contributed by atoms with van der Waals surface area (Å²) in [6, 6.07) is 6.78. The second-order valence-corrected chi connectivity index (χ2v) is 6.29. The second-order valence-electron chi connectivity index (χ2n) is 4.46. The van der Waals surface area contributed by atoms with Crippen molar-refractivity contribution < 1.29 is 4.74 Å². The number of fused-ring (bicyclic) bond motifs is 1. The maximum absolute atomic E-state index is 5.90. The Bertz CT molecular complexity index is 386. The Kier molecular flexibility index (Phi) is 4.77. The molecule has 0 radical (unpaired) electrons. The van der Waals surface area contributed by atoms with E-state index in [2.05, 4.69) is 40.5 Å². The smallest absolute Gasteiger partial charge is 0.123 e. The third-order valence-corrected chi connectivity index (χ3v) is 4.20. The van der Waals surface area contributed by atoms with Crippen LogP contribution in [0.5, 0.6) is 5.75 Å². The minimum absolute atomic E-state index is 0.281. The van der Waals surface area contributed by atoms with Gasteiger partial charge in [-0.15, -0.1) is 0 Å². The average molecular weight is 316 g/mol. The zero-order valence-electron chi connectivity index (χ0n) is 10.2. The maximum atomic E-state index is 5.90. The number of nitrogens with one attached hydrogen (secondary N) is 1. The molecule has 0 aromatic heterocycles. The van der Waals surface area contributed by atoms with Crippen LogP contribution in [0.2, 0.25) is 0 Å². The fraction of sp³-hybridized carbons (Fsp3) is 0.538. The Morgan fingerprint density at radius 1 is 1.59 bits per heavy atom. The Morgan fingerprint density at radius 2 is 2.41 bits per heavy atom. The monoisotopic (exact) mass is 315 g/mol. The van der Waals surface area contributed by atoms with E-state index in [1.54, 1.807) is 0 Å². The molecule has 2 unspecified atom stereocenters.